The van der Waals surface area contributed by atoms with E-state index in [2.05, 4.69) is 10.1 Å². The van der Waals surface area contributed by atoms with Crippen LogP contribution in [0.5, 0.6) is 0 Å². The van der Waals surface area contributed by atoms with Crippen molar-refractivity contribution in [1.29, 1.82) is 0 Å². The zero-order chi connectivity index (χ0) is 29.6. The molecular weight excluding hydrogens is 577 g/mol. The van der Waals surface area contributed by atoms with E-state index in [1.807, 2.05) is 0 Å². The molecule has 1 aliphatic rings. The normalized spacial score (nSPS) is 18.7. The second-order valence-corrected chi connectivity index (χ2v) is 11.4. The molecule has 14 heteroatoms. The van der Waals surface area contributed by atoms with Crippen molar-refractivity contribution in [2.45, 2.75) is 40.6 Å². The molecule has 1 aliphatic heterocycles. The minimum absolute atomic E-state index is 0.0845. The van der Waals surface area contributed by atoms with Crippen LogP contribution >= 0.6 is 0 Å². The molecule has 1 heterocycles. The second kappa shape index (κ2) is 10.4. The molecule has 4 rings (SSSR count). The summed E-state index contributed by atoms with van der Waals surface area (Å²) in [7, 11) is -4.32. The van der Waals surface area contributed by atoms with Crippen molar-refractivity contribution in [3.63, 3.8) is 0 Å². The van der Waals surface area contributed by atoms with Crippen molar-refractivity contribution in [2.24, 2.45) is 0 Å². The molecule has 0 amide bonds. The van der Waals surface area contributed by atoms with Gasteiger partial charge in [-0.25, -0.2) is 21.6 Å². The van der Waals surface area contributed by atoms with E-state index in [0.29, 0.717) is 24.3 Å². The summed E-state index contributed by atoms with van der Waals surface area (Å²) >= 11 is 0. The van der Waals surface area contributed by atoms with E-state index in [0.717, 1.165) is 42.5 Å². The molecule has 1 fully saturated rings. The van der Waals surface area contributed by atoms with E-state index in [1.165, 1.54) is 0 Å². The van der Waals surface area contributed by atoms with Crippen molar-refractivity contribution in [2.75, 3.05) is 13.1 Å². The lowest BCUT2D eigenvalue weighted by molar-refractivity contribution is -0.392. The maximum absolute atomic E-state index is 14.2. The molecule has 4 nitrogen and oxygen atoms in total. The van der Waals surface area contributed by atoms with Crippen molar-refractivity contribution < 1.29 is 52.7 Å². The zero-order valence-electron chi connectivity index (χ0n) is 20.2. The quantitative estimate of drug-likeness (QED) is 0.257. The molecule has 0 bridgehead atoms. The number of halogens is 9. The maximum Gasteiger partial charge on any atom is 0.430 e. The van der Waals surface area contributed by atoms with Gasteiger partial charge < -0.3 is 10.1 Å². The van der Waals surface area contributed by atoms with E-state index in [-0.39, 0.29) is 30.0 Å². The van der Waals surface area contributed by atoms with E-state index in [9.17, 15) is 47.9 Å². The summed E-state index contributed by atoms with van der Waals surface area (Å²) in [5.41, 5.74) is -7.75. The Morgan fingerprint density at radius 2 is 1.35 bits per heavy atom. The van der Waals surface area contributed by atoms with Gasteiger partial charge in [0.15, 0.2) is 9.84 Å². The summed E-state index contributed by atoms with van der Waals surface area (Å²) in [6.45, 7) is -1.78. The van der Waals surface area contributed by atoms with Gasteiger partial charge >= 0.3 is 12.4 Å². The standard InChI is InChI=1S/C26H20F9NO3S/c27-18-8-10-19(11-9-18)40(37,38)23(12-13-36-15-23)16-4-6-17(7-5-16)24(25(30,31)32,26(33,34)35)39-14-20-21(28)2-1-3-22(20)29/h1-11,36H,12-15H2/t23-/m1/s1. The summed E-state index contributed by atoms with van der Waals surface area (Å²) in [5.74, 6) is -3.53. The first-order valence-electron chi connectivity index (χ1n) is 11.6. The van der Waals surface area contributed by atoms with Gasteiger partial charge in [-0.3, -0.25) is 0 Å². The average molecular weight is 597 g/mol. The Bertz CT molecular complexity index is 1430. The fraction of sp³-hybridized carbons (Fsp3) is 0.308. The predicted octanol–water partition coefficient (Wildman–Crippen LogP) is 6.30. The largest absolute Gasteiger partial charge is 0.430 e. The molecule has 0 spiro atoms. The van der Waals surface area contributed by atoms with Gasteiger partial charge in [0.2, 0.25) is 0 Å². The highest BCUT2D eigenvalue weighted by atomic mass is 32.2. The van der Waals surface area contributed by atoms with E-state index in [4.69, 9.17) is 0 Å². The highest BCUT2D eigenvalue weighted by Crippen LogP contribution is 2.54. The van der Waals surface area contributed by atoms with Gasteiger partial charge in [0, 0.05) is 17.7 Å². The van der Waals surface area contributed by atoms with Gasteiger partial charge in [0.25, 0.3) is 5.60 Å². The molecule has 3 aromatic carbocycles. The number of hydrogen-bond acceptors (Lipinski definition) is 4. The molecule has 3 aromatic rings. The van der Waals surface area contributed by atoms with Crippen LogP contribution in [0, 0.1) is 17.5 Å². The van der Waals surface area contributed by atoms with Gasteiger partial charge in [0.1, 0.15) is 22.2 Å². The average Bonchev–Trinajstić information content (AvgIpc) is 3.37. The number of ether oxygens (including phenoxy) is 1. The molecule has 0 aliphatic carbocycles. The fourth-order valence-corrected chi connectivity index (χ4v) is 6.79. The van der Waals surface area contributed by atoms with Crippen molar-refractivity contribution in [1.82, 2.24) is 5.32 Å². The highest BCUT2D eigenvalue weighted by molar-refractivity contribution is 7.92. The Morgan fingerprint density at radius 3 is 1.82 bits per heavy atom. The zero-order valence-corrected chi connectivity index (χ0v) is 21.0. The van der Waals surface area contributed by atoms with Gasteiger partial charge in [-0.2, -0.15) is 26.3 Å². The van der Waals surface area contributed by atoms with Crippen LogP contribution in [0.1, 0.15) is 23.1 Å². The summed E-state index contributed by atoms with van der Waals surface area (Å²) in [6.07, 6.45) is -12.4. The lowest BCUT2D eigenvalue weighted by Gasteiger charge is -2.38. The molecule has 1 N–H and O–H groups in total. The molecule has 0 aromatic heterocycles. The topological polar surface area (TPSA) is 55.4 Å². The molecular formula is C26H20F9NO3S. The van der Waals surface area contributed by atoms with Crippen LogP contribution in [0.2, 0.25) is 0 Å². The SMILES string of the molecule is O=S(=O)(c1ccc(F)cc1)[C@]1(c2ccc(C(OCc3c(F)cccc3F)(C(F)(F)F)C(F)(F)F)cc2)CCNC1. The number of nitrogens with one attached hydrogen (secondary N) is 1. The van der Waals surface area contributed by atoms with Gasteiger partial charge in [-0.05, 0) is 54.9 Å². The van der Waals surface area contributed by atoms with E-state index in [1.54, 1.807) is 0 Å². The Balaban J connectivity index is 1.81. The summed E-state index contributed by atoms with van der Waals surface area (Å²) in [4.78, 5) is -0.295. The lowest BCUT2D eigenvalue weighted by atomic mass is 9.88. The van der Waals surface area contributed by atoms with Gasteiger partial charge in [0.05, 0.1) is 11.5 Å². The Kier molecular flexibility index (Phi) is 7.75. The smallest absolute Gasteiger partial charge is 0.349 e. The first-order valence-corrected chi connectivity index (χ1v) is 13.1. The lowest BCUT2D eigenvalue weighted by Crippen LogP contribution is -2.56. The second-order valence-electron chi connectivity index (χ2n) is 9.12. The number of benzene rings is 3. The van der Waals surface area contributed by atoms with Crippen LogP contribution in [-0.4, -0.2) is 33.9 Å². The van der Waals surface area contributed by atoms with Gasteiger partial charge in [-0.1, -0.05) is 30.3 Å². The molecule has 1 atom stereocenters. The number of sulfone groups is 1. The molecule has 40 heavy (non-hydrogen) atoms. The van der Waals surface area contributed by atoms with Crippen molar-refractivity contribution in [3.8, 4) is 0 Å². The van der Waals surface area contributed by atoms with Crippen LogP contribution in [0.15, 0.2) is 71.6 Å². The molecule has 1 saturated heterocycles. The summed E-state index contributed by atoms with van der Waals surface area (Å²) in [6, 6.07) is 8.47. The molecule has 0 saturated carbocycles. The van der Waals surface area contributed by atoms with Crippen LogP contribution in [0.3, 0.4) is 0 Å². The fourth-order valence-electron chi connectivity index (χ4n) is 4.73. The van der Waals surface area contributed by atoms with Crippen molar-refractivity contribution in [3.05, 3.63) is 101 Å². The van der Waals surface area contributed by atoms with Crippen molar-refractivity contribution >= 4 is 9.84 Å². The molecule has 216 valence electrons. The number of rotatable bonds is 7. The first kappa shape index (κ1) is 29.9. The van der Waals surface area contributed by atoms with Crippen LogP contribution < -0.4 is 5.32 Å². The van der Waals surface area contributed by atoms with Crippen LogP contribution in [0.25, 0.3) is 0 Å². The Morgan fingerprint density at radius 1 is 0.800 bits per heavy atom. The third-order valence-electron chi connectivity index (χ3n) is 6.87. The molecule has 0 radical (unpaired) electrons. The highest BCUT2D eigenvalue weighted by Gasteiger charge is 2.73. The Labute approximate surface area is 222 Å². The van der Waals surface area contributed by atoms with Crippen LogP contribution in [0.4, 0.5) is 39.5 Å². The maximum atomic E-state index is 14.2. The van der Waals surface area contributed by atoms with E-state index < -0.39 is 67.7 Å². The van der Waals surface area contributed by atoms with Gasteiger partial charge in [-0.15, -0.1) is 0 Å². The predicted molar refractivity (Wildman–Crippen MR) is 124 cm³/mol. The molecule has 0 unspecified atom stereocenters. The minimum atomic E-state index is -6.15. The summed E-state index contributed by atoms with van der Waals surface area (Å²) in [5, 5.41) is 2.83. The van der Waals surface area contributed by atoms with Crippen LogP contribution in [-0.2, 0) is 31.5 Å². The monoisotopic (exact) mass is 597 g/mol. The third-order valence-corrected chi connectivity index (χ3v) is 9.37. The number of hydrogen-bond donors (Lipinski definition) is 1. The van der Waals surface area contributed by atoms with E-state index >= 15 is 0 Å². The number of alkyl halides is 6. The summed E-state index contributed by atoms with van der Waals surface area (Å²) < 4.78 is 156. The Hall–Kier alpha value is -3.10. The third kappa shape index (κ3) is 4.85. The first-order chi connectivity index (χ1) is 18.6. The minimum Gasteiger partial charge on any atom is -0.349 e.